The first-order valence-corrected chi connectivity index (χ1v) is 9.10. The molecular formula is C21H24N4O5. The first-order valence-electron chi connectivity index (χ1n) is 9.10. The summed E-state index contributed by atoms with van der Waals surface area (Å²) in [5, 5.41) is 11.3. The smallest absolute Gasteiger partial charge is 0.275 e. The van der Waals surface area contributed by atoms with Crippen LogP contribution >= 0.6 is 0 Å². The summed E-state index contributed by atoms with van der Waals surface area (Å²) in [6, 6.07) is 14.6. The molecule has 0 radical (unpaired) electrons. The Morgan fingerprint density at radius 1 is 0.867 bits per heavy atom. The van der Waals surface area contributed by atoms with Crippen LogP contribution in [0.15, 0.2) is 54.6 Å². The molecule has 30 heavy (non-hydrogen) atoms. The van der Waals surface area contributed by atoms with Crippen LogP contribution in [0.25, 0.3) is 11.1 Å². The van der Waals surface area contributed by atoms with E-state index in [9.17, 15) is 19.2 Å². The standard InChI is InChI=1S/C21H24N4O5/c1-24(2)17(26)13-22-19(27)18(20(28)23-30)25(3)21(29)16-11-9-15(10-12-16)14-7-5-4-6-8-14/h4-12,18,30H,13H2,1-3H3,(H,22,27)(H,23,28). The van der Waals surface area contributed by atoms with E-state index in [0.717, 1.165) is 16.0 Å². The molecule has 0 spiro atoms. The first kappa shape index (κ1) is 22.6. The second kappa shape index (κ2) is 10.2. The van der Waals surface area contributed by atoms with Gasteiger partial charge in [0.05, 0.1) is 6.54 Å². The predicted molar refractivity (Wildman–Crippen MR) is 109 cm³/mol. The average molecular weight is 412 g/mol. The molecule has 0 aliphatic rings. The van der Waals surface area contributed by atoms with E-state index in [-0.39, 0.29) is 12.1 Å². The third-order valence-electron chi connectivity index (χ3n) is 4.47. The highest BCUT2D eigenvalue weighted by Crippen LogP contribution is 2.20. The Bertz CT molecular complexity index is 913. The monoisotopic (exact) mass is 412 g/mol. The summed E-state index contributed by atoms with van der Waals surface area (Å²) < 4.78 is 0. The Balaban J connectivity index is 2.17. The van der Waals surface area contributed by atoms with Gasteiger partial charge in [0.1, 0.15) is 0 Å². The summed E-state index contributed by atoms with van der Waals surface area (Å²) in [5.41, 5.74) is 3.52. The van der Waals surface area contributed by atoms with Crippen molar-refractivity contribution in [2.75, 3.05) is 27.7 Å². The largest absolute Gasteiger partial charge is 0.347 e. The molecule has 158 valence electrons. The highest BCUT2D eigenvalue weighted by molar-refractivity contribution is 6.09. The second-order valence-corrected chi connectivity index (χ2v) is 6.74. The molecule has 0 saturated carbocycles. The van der Waals surface area contributed by atoms with E-state index in [1.807, 2.05) is 30.3 Å². The summed E-state index contributed by atoms with van der Waals surface area (Å²) in [7, 11) is 4.29. The molecule has 0 aliphatic carbocycles. The Labute approximate surface area is 174 Å². The van der Waals surface area contributed by atoms with Crippen LogP contribution in [0.2, 0.25) is 0 Å². The molecule has 0 bridgehead atoms. The summed E-state index contributed by atoms with van der Waals surface area (Å²) in [6.45, 7) is -0.352. The zero-order chi connectivity index (χ0) is 22.3. The predicted octanol–water partition coefficient (Wildman–Crippen LogP) is 0.504. The Morgan fingerprint density at radius 2 is 1.43 bits per heavy atom. The van der Waals surface area contributed by atoms with E-state index in [1.54, 1.807) is 24.3 Å². The van der Waals surface area contributed by atoms with Gasteiger partial charge in [-0.05, 0) is 23.3 Å². The molecule has 3 N–H and O–H groups in total. The molecule has 4 amide bonds. The van der Waals surface area contributed by atoms with Gasteiger partial charge in [-0.15, -0.1) is 0 Å². The number of benzene rings is 2. The van der Waals surface area contributed by atoms with E-state index < -0.39 is 29.7 Å². The molecule has 9 heteroatoms. The molecule has 2 rings (SSSR count). The van der Waals surface area contributed by atoms with Gasteiger partial charge in [-0.2, -0.15) is 0 Å². The number of likely N-dealkylation sites (N-methyl/N-ethyl adjacent to an activating group) is 2. The number of hydrogen-bond donors (Lipinski definition) is 3. The van der Waals surface area contributed by atoms with Crippen molar-refractivity contribution >= 4 is 23.6 Å². The van der Waals surface area contributed by atoms with Crippen molar-refractivity contribution in [1.29, 1.82) is 0 Å². The van der Waals surface area contributed by atoms with Crippen LogP contribution < -0.4 is 10.8 Å². The zero-order valence-corrected chi connectivity index (χ0v) is 17.0. The minimum Gasteiger partial charge on any atom is -0.347 e. The highest BCUT2D eigenvalue weighted by atomic mass is 16.5. The van der Waals surface area contributed by atoms with Gasteiger partial charge < -0.3 is 15.1 Å². The minimum atomic E-state index is -1.66. The maximum atomic E-state index is 12.8. The SMILES string of the molecule is CN(C)C(=O)CNC(=O)C(C(=O)NO)N(C)C(=O)c1ccc(-c2ccccc2)cc1. The minimum absolute atomic E-state index is 0.255. The van der Waals surface area contributed by atoms with Crippen molar-refractivity contribution in [1.82, 2.24) is 20.6 Å². The lowest BCUT2D eigenvalue weighted by molar-refractivity contribution is -0.142. The summed E-state index contributed by atoms with van der Waals surface area (Å²) in [6.07, 6.45) is 0. The Hall–Kier alpha value is -3.72. The molecule has 9 nitrogen and oxygen atoms in total. The highest BCUT2D eigenvalue weighted by Gasteiger charge is 2.34. The van der Waals surface area contributed by atoms with Crippen LogP contribution in [0.1, 0.15) is 10.4 Å². The van der Waals surface area contributed by atoms with Crippen molar-refractivity contribution < 1.29 is 24.4 Å². The zero-order valence-electron chi connectivity index (χ0n) is 17.0. The topological polar surface area (TPSA) is 119 Å². The first-order chi connectivity index (χ1) is 14.3. The number of hydrogen-bond acceptors (Lipinski definition) is 5. The van der Waals surface area contributed by atoms with Crippen molar-refractivity contribution in [2.24, 2.45) is 0 Å². The lowest BCUT2D eigenvalue weighted by Gasteiger charge is -2.25. The van der Waals surface area contributed by atoms with Crippen molar-refractivity contribution in [3.05, 3.63) is 60.2 Å². The number of hydroxylamine groups is 1. The number of nitrogens with zero attached hydrogens (tertiary/aromatic N) is 2. The van der Waals surface area contributed by atoms with Crippen LogP contribution in [0.4, 0.5) is 0 Å². The van der Waals surface area contributed by atoms with E-state index >= 15 is 0 Å². The van der Waals surface area contributed by atoms with Gasteiger partial charge in [0.2, 0.25) is 5.91 Å². The molecule has 0 aromatic heterocycles. The molecule has 0 heterocycles. The number of rotatable bonds is 7. The fraction of sp³-hybridized carbons (Fsp3) is 0.238. The maximum Gasteiger partial charge on any atom is 0.275 e. The van der Waals surface area contributed by atoms with E-state index in [1.165, 1.54) is 31.5 Å². The third-order valence-corrected chi connectivity index (χ3v) is 4.47. The average Bonchev–Trinajstić information content (AvgIpc) is 2.77. The van der Waals surface area contributed by atoms with Gasteiger partial charge in [0.25, 0.3) is 17.7 Å². The second-order valence-electron chi connectivity index (χ2n) is 6.74. The van der Waals surface area contributed by atoms with Gasteiger partial charge in [-0.3, -0.25) is 24.4 Å². The summed E-state index contributed by atoms with van der Waals surface area (Å²) >= 11 is 0. The molecule has 2 aromatic carbocycles. The van der Waals surface area contributed by atoms with Crippen LogP contribution in [-0.4, -0.2) is 72.4 Å². The molecule has 0 aliphatic heterocycles. The van der Waals surface area contributed by atoms with Gasteiger partial charge in [-0.1, -0.05) is 42.5 Å². The van der Waals surface area contributed by atoms with Crippen molar-refractivity contribution in [3.63, 3.8) is 0 Å². The third kappa shape index (κ3) is 5.42. The molecule has 1 unspecified atom stereocenters. The maximum absolute atomic E-state index is 12.8. The number of carbonyl (C=O) groups excluding carboxylic acids is 4. The molecule has 2 aromatic rings. The normalized spacial score (nSPS) is 11.2. The van der Waals surface area contributed by atoms with Gasteiger partial charge in [0, 0.05) is 26.7 Å². The van der Waals surface area contributed by atoms with Crippen LogP contribution in [0.5, 0.6) is 0 Å². The Kier molecular flexibility index (Phi) is 7.65. The van der Waals surface area contributed by atoms with E-state index in [4.69, 9.17) is 5.21 Å². The molecule has 0 saturated heterocycles. The van der Waals surface area contributed by atoms with Gasteiger partial charge in [0.15, 0.2) is 6.04 Å². The number of nitrogens with one attached hydrogen (secondary N) is 2. The van der Waals surface area contributed by atoms with Gasteiger partial charge in [-0.25, -0.2) is 5.48 Å². The quantitative estimate of drug-likeness (QED) is 0.348. The van der Waals surface area contributed by atoms with E-state index in [2.05, 4.69) is 5.32 Å². The summed E-state index contributed by atoms with van der Waals surface area (Å²) in [5.74, 6) is -2.98. The van der Waals surface area contributed by atoms with Crippen LogP contribution in [-0.2, 0) is 14.4 Å². The lowest BCUT2D eigenvalue weighted by Crippen LogP contribution is -2.56. The number of carbonyl (C=O) groups is 4. The lowest BCUT2D eigenvalue weighted by atomic mass is 10.0. The van der Waals surface area contributed by atoms with Crippen molar-refractivity contribution in [3.8, 4) is 11.1 Å². The van der Waals surface area contributed by atoms with Crippen molar-refractivity contribution in [2.45, 2.75) is 6.04 Å². The summed E-state index contributed by atoms with van der Waals surface area (Å²) in [4.78, 5) is 51.1. The van der Waals surface area contributed by atoms with Crippen LogP contribution in [0, 0.1) is 0 Å². The van der Waals surface area contributed by atoms with Crippen LogP contribution in [0.3, 0.4) is 0 Å². The Morgan fingerprint density at radius 3 is 1.97 bits per heavy atom. The molecule has 0 fully saturated rings. The van der Waals surface area contributed by atoms with Gasteiger partial charge >= 0.3 is 0 Å². The number of amides is 4. The van der Waals surface area contributed by atoms with E-state index in [0.29, 0.717) is 0 Å². The fourth-order valence-electron chi connectivity index (χ4n) is 2.71. The molecular weight excluding hydrogens is 388 g/mol. The fourth-order valence-corrected chi connectivity index (χ4v) is 2.71. The molecule has 1 atom stereocenters.